The van der Waals surface area contributed by atoms with Crippen molar-refractivity contribution in [2.75, 3.05) is 0 Å². The number of oxime groups is 1. The molecule has 0 aliphatic heterocycles. The zero-order valence-corrected chi connectivity index (χ0v) is 7.27. The van der Waals surface area contributed by atoms with Crippen molar-refractivity contribution in [3.8, 4) is 0 Å². The van der Waals surface area contributed by atoms with Gasteiger partial charge in [-0.1, -0.05) is 29.4 Å². The molecule has 3 N–H and O–H groups in total. The molecule has 0 saturated heterocycles. The normalized spacial score (nSPS) is 17.4. The molecular weight excluding hydrogens is 164 g/mol. The van der Waals surface area contributed by atoms with E-state index < -0.39 is 0 Å². The van der Waals surface area contributed by atoms with Crippen LogP contribution in [0, 0.1) is 0 Å². The van der Waals surface area contributed by atoms with E-state index in [9.17, 15) is 0 Å². The van der Waals surface area contributed by atoms with Gasteiger partial charge in [0.05, 0.1) is 0 Å². The number of benzene rings is 1. The van der Waals surface area contributed by atoms with E-state index in [0.717, 1.165) is 11.5 Å². The second-order valence-electron chi connectivity index (χ2n) is 3.38. The van der Waals surface area contributed by atoms with Crippen LogP contribution in [0.1, 0.15) is 29.9 Å². The van der Waals surface area contributed by atoms with Crippen LogP contribution in [0.5, 0.6) is 0 Å². The maximum Gasteiger partial charge on any atom is 0.170 e. The molecule has 0 unspecified atom stereocenters. The lowest BCUT2D eigenvalue weighted by molar-refractivity contribution is 0.318. The molecule has 68 valence electrons. The molecular formula is C10H12N2O. The minimum atomic E-state index is 0.169. The lowest BCUT2D eigenvalue weighted by Crippen LogP contribution is -2.12. The Labute approximate surface area is 76.9 Å². The smallest absolute Gasteiger partial charge is 0.170 e. The van der Waals surface area contributed by atoms with Crippen LogP contribution in [0.3, 0.4) is 0 Å². The Kier molecular flexibility index (Phi) is 1.93. The summed E-state index contributed by atoms with van der Waals surface area (Å²) in [5.41, 5.74) is 7.56. The first-order valence-corrected chi connectivity index (χ1v) is 4.39. The number of hydrogen-bond donors (Lipinski definition) is 2. The van der Waals surface area contributed by atoms with Crippen LogP contribution in [0.2, 0.25) is 0 Å². The Balaban J connectivity index is 2.22. The van der Waals surface area contributed by atoms with Gasteiger partial charge >= 0.3 is 0 Å². The van der Waals surface area contributed by atoms with E-state index in [4.69, 9.17) is 10.9 Å². The highest BCUT2D eigenvalue weighted by Crippen LogP contribution is 2.39. The first-order valence-electron chi connectivity index (χ1n) is 4.39. The van der Waals surface area contributed by atoms with Crippen LogP contribution >= 0.6 is 0 Å². The fraction of sp³-hybridized carbons (Fsp3) is 0.300. The molecule has 0 aromatic heterocycles. The molecule has 1 fully saturated rings. The molecule has 13 heavy (non-hydrogen) atoms. The highest BCUT2D eigenvalue weighted by Gasteiger charge is 2.22. The second kappa shape index (κ2) is 3.09. The van der Waals surface area contributed by atoms with Crippen molar-refractivity contribution >= 4 is 5.84 Å². The summed E-state index contributed by atoms with van der Waals surface area (Å²) in [6, 6.07) is 7.88. The van der Waals surface area contributed by atoms with Gasteiger partial charge in [-0.25, -0.2) is 0 Å². The number of amidine groups is 1. The number of hydrogen-bond acceptors (Lipinski definition) is 2. The van der Waals surface area contributed by atoms with Gasteiger partial charge in [-0.15, -0.1) is 0 Å². The molecule has 0 amide bonds. The predicted octanol–water partition coefficient (Wildman–Crippen LogP) is 1.66. The van der Waals surface area contributed by atoms with Crippen molar-refractivity contribution in [3.05, 3.63) is 35.4 Å². The summed E-state index contributed by atoms with van der Waals surface area (Å²) in [5.74, 6) is 0.920. The number of nitrogens with two attached hydrogens (primary N) is 1. The Morgan fingerprint density at radius 2 is 1.92 bits per heavy atom. The van der Waals surface area contributed by atoms with Crippen LogP contribution < -0.4 is 5.73 Å². The molecule has 0 heterocycles. The molecule has 0 spiro atoms. The third kappa shape index (κ3) is 1.64. The Morgan fingerprint density at radius 1 is 1.31 bits per heavy atom. The highest BCUT2D eigenvalue weighted by molar-refractivity contribution is 5.96. The molecule has 0 radical (unpaired) electrons. The van der Waals surface area contributed by atoms with E-state index >= 15 is 0 Å². The summed E-state index contributed by atoms with van der Waals surface area (Å²) < 4.78 is 0. The van der Waals surface area contributed by atoms with Gasteiger partial charge in [-0.3, -0.25) is 0 Å². The first kappa shape index (κ1) is 8.10. The summed E-state index contributed by atoms with van der Waals surface area (Å²) in [4.78, 5) is 0. The topological polar surface area (TPSA) is 58.6 Å². The SMILES string of the molecule is N/C(=N\O)c1ccc(C2CC2)cc1. The first-order chi connectivity index (χ1) is 6.31. The third-order valence-corrected chi connectivity index (χ3v) is 2.36. The molecule has 3 nitrogen and oxygen atoms in total. The van der Waals surface area contributed by atoms with Crippen LogP contribution in [-0.4, -0.2) is 11.0 Å². The number of nitrogens with zero attached hydrogens (tertiary/aromatic N) is 1. The van der Waals surface area contributed by atoms with Gasteiger partial charge in [-0.2, -0.15) is 0 Å². The van der Waals surface area contributed by atoms with Crippen molar-refractivity contribution in [1.29, 1.82) is 0 Å². The molecule has 1 aliphatic carbocycles. The molecule has 0 bridgehead atoms. The summed E-state index contributed by atoms with van der Waals surface area (Å²) in [6.45, 7) is 0. The monoisotopic (exact) mass is 176 g/mol. The van der Waals surface area contributed by atoms with Crippen LogP contribution in [0.15, 0.2) is 29.4 Å². The van der Waals surface area contributed by atoms with Gasteiger partial charge in [0.15, 0.2) is 5.84 Å². The van der Waals surface area contributed by atoms with Gasteiger partial charge in [0.25, 0.3) is 0 Å². The van der Waals surface area contributed by atoms with Crippen LogP contribution in [-0.2, 0) is 0 Å². The summed E-state index contributed by atoms with van der Waals surface area (Å²) >= 11 is 0. The highest BCUT2D eigenvalue weighted by atomic mass is 16.4. The Bertz CT molecular complexity index is 325. The molecule has 2 rings (SSSR count). The maximum absolute atomic E-state index is 8.44. The zero-order chi connectivity index (χ0) is 9.26. The van der Waals surface area contributed by atoms with E-state index in [1.54, 1.807) is 0 Å². The Morgan fingerprint density at radius 3 is 2.38 bits per heavy atom. The maximum atomic E-state index is 8.44. The summed E-state index contributed by atoms with van der Waals surface area (Å²) in [7, 11) is 0. The van der Waals surface area contributed by atoms with Gasteiger partial charge < -0.3 is 10.9 Å². The third-order valence-electron chi connectivity index (χ3n) is 2.36. The molecule has 1 aromatic rings. The van der Waals surface area contributed by atoms with Gasteiger partial charge in [0.1, 0.15) is 0 Å². The lowest BCUT2D eigenvalue weighted by atomic mass is 10.1. The van der Waals surface area contributed by atoms with Gasteiger partial charge in [-0.05, 0) is 24.3 Å². The van der Waals surface area contributed by atoms with Gasteiger partial charge in [0, 0.05) is 5.56 Å². The van der Waals surface area contributed by atoms with Crippen molar-refractivity contribution in [1.82, 2.24) is 0 Å². The molecule has 3 heteroatoms. The van der Waals surface area contributed by atoms with Gasteiger partial charge in [0.2, 0.25) is 0 Å². The average Bonchev–Trinajstić information content (AvgIpc) is 3.00. The van der Waals surface area contributed by atoms with Crippen molar-refractivity contribution in [2.45, 2.75) is 18.8 Å². The quantitative estimate of drug-likeness (QED) is 0.311. The van der Waals surface area contributed by atoms with E-state index in [1.807, 2.05) is 24.3 Å². The van der Waals surface area contributed by atoms with E-state index in [2.05, 4.69) is 5.16 Å². The van der Waals surface area contributed by atoms with Crippen molar-refractivity contribution in [3.63, 3.8) is 0 Å². The number of rotatable bonds is 2. The van der Waals surface area contributed by atoms with Crippen molar-refractivity contribution in [2.24, 2.45) is 10.9 Å². The fourth-order valence-electron chi connectivity index (χ4n) is 1.40. The van der Waals surface area contributed by atoms with Crippen molar-refractivity contribution < 1.29 is 5.21 Å². The lowest BCUT2D eigenvalue weighted by Gasteiger charge is -2.00. The van der Waals surface area contributed by atoms with E-state index in [0.29, 0.717) is 0 Å². The predicted molar refractivity (Wildman–Crippen MR) is 50.9 cm³/mol. The molecule has 1 saturated carbocycles. The summed E-state index contributed by atoms with van der Waals surface area (Å²) in [5, 5.41) is 11.4. The van der Waals surface area contributed by atoms with E-state index in [1.165, 1.54) is 18.4 Å². The minimum Gasteiger partial charge on any atom is -0.409 e. The van der Waals surface area contributed by atoms with Crippen LogP contribution in [0.4, 0.5) is 0 Å². The summed E-state index contributed by atoms with van der Waals surface area (Å²) in [6.07, 6.45) is 2.59. The van der Waals surface area contributed by atoms with Crippen LogP contribution in [0.25, 0.3) is 0 Å². The second-order valence-corrected chi connectivity index (χ2v) is 3.38. The standard InChI is InChI=1S/C10H12N2O/c11-10(12-13)9-5-3-8(4-6-9)7-1-2-7/h3-7,13H,1-2H2,(H2,11,12). The molecule has 1 aliphatic rings. The minimum absolute atomic E-state index is 0.169. The largest absolute Gasteiger partial charge is 0.409 e. The molecule has 0 atom stereocenters. The molecule has 1 aromatic carbocycles. The average molecular weight is 176 g/mol. The fourth-order valence-corrected chi connectivity index (χ4v) is 1.40. The zero-order valence-electron chi connectivity index (χ0n) is 7.27. The van der Waals surface area contributed by atoms with E-state index in [-0.39, 0.29) is 5.84 Å². The Hall–Kier alpha value is -1.51.